The van der Waals surface area contributed by atoms with E-state index in [9.17, 15) is 0 Å². The Hall–Kier alpha value is -1.39. The Kier molecular flexibility index (Phi) is 3.29. The first-order valence-electron chi connectivity index (χ1n) is 6.93. The fourth-order valence-corrected chi connectivity index (χ4v) is 2.65. The lowest BCUT2D eigenvalue weighted by Crippen LogP contribution is -2.35. The number of nitrogens with zero attached hydrogens (tertiary/aromatic N) is 2. The zero-order valence-electron chi connectivity index (χ0n) is 11.8. The SMILES string of the molecule is Cc1ccc2c(c1)nc1n2C(CNC(C)C)COC1. The molecule has 4 nitrogen and oxygen atoms in total. The number of aryl methyl sites for hydroxylation is 1. The summed E-state index contributed by atoms with van der Waals surface area (Å²) in [5, 5.41) is 3.49. The number of nitrogens with one attached hydrogen (secondary N) is 1. The Morgan fingerprint density at radius 2 is 2.32 bits per heavy atom. The van der Waals surface area contributed by atoms with E-state index in [-0.39, 0.29) is 0 Å². The van der Waals surface area contributed by atoms with E-state index in [1.165, 1.54) is 11.1 Å². The second kappa shape index (κ2) is 4.94. The first-order chi connectivity index (χ1) is 9.15. The van der Waals surface area contributed by atoms with Crippen molar-refractivity contribution in [2.24, 2.45) is 0 Å². The minimum atomic E-state index is 0.332. The largest absolute Gasteiger partial charge is 0.371 e. The van der Waals surface area contributed by atoms with Crippen molar-refractivity contribution in [3.8, 4) is 0 Å². The van der Waals surface area contributed by atoms with Gasteiger partial charge in [-0.3, -0.25) is 0 Å². The number of rotatable bonds is 3. The summed E-state index contributed by atoms with van der Waals surface area (Å²) in [4.78, 5) is 4.70. The van der Waals surface area contributed by atoms with Gasteiger partial charge in [0.25, 0.3) is 0 Å². The van der Waals surface area contributed by atoms with Gasteiger partial charge in [0.2, 0.25) is 0 Å². The number of hydrogen-bond donors (Lipinski definition) is 1. The highest BCUT2D eigenvalue weighted by atomic mass is 16.5. The quantitative estimate of drug-likeness (QED) is 0.920. The number of hydrogen-bond acceptors (Lipinski definition) is 3. The van der Waals surface area contributed by atoms with E-state index in [4.69, 9.17) is 9.72 Å². The Labute approximate surface area is 113 Å². The Morgan fingerprint density at radius 1 is 1.47 bits per heavy atom. The van der Waals surface area contributed by atoms with Crippen LogP contribution in [0, 0.1) is 6.92 Å². The van der Waals surface area contributed by atoms with Gasteiger partial charge in [0.05, 0.1) is 23.7 Å². The van der Waals surface area contributed by atoms with Crippen LogP contribution in [-0.4, -0.2) is 28.7 Å². The van der Waals surface area contributed by atoms with E-state index >= 15 is 0 Å². The van der Waals surface area contributed by atoms with Gasteiger partial charge in [0.1, 0.15) is 12.4 Å². The van der Waals surface area contributed by atoms with Crippen molar-refractivity contribution < 1.29 is 4.74 Å². The average molecular weight is 259 g/mol. The first kappa shape index (κ1) is 12.6. The molecule has 1 aliphatic heterocycles. The fourth-order valence-electron chi connectivity index (χ4n) is 2.65. The monoisotopic (exact) mass is 259 g/mol. The summed E-state index contributed by atoms with van der Waals surface area (Å²) in [6, 6.07) is 7.29. The van der Waals surface area contributed by atoms with Gasteiger partial charge in [-0.25, -0.2) is 4.98 Å². The maximum Gasteiger partial charge on any atom is 0.136 e. The lowest BCUT2D eigenvalue weighted by Gasteiger charge is -2.27. The molecule has 1 aromatic heterocycles. The molecule has 19 heavy (non-hydrogen) atoms. The van der Waals surface area contributed by atoms with Crippen LogP contribution in [0.1, 0.15) is 31.3 Å². The summed E-state index contributed by atoms with van der Waals surface area (Å²) in [5.74, 6) is 1.04. The second-order valence-corrected chi connectivity index (χ2v) is 5.62. The van der Waals surface area contributed by atoms with Crippen molar-refractivity contribution in [1.29, 1.82) is 0 Å². The average Bonchev–Trinajstić information content (AvgIpc) is 2.73. The maximum absolute atomic E-state index is 5.68. The van der Waals surface area contributed by atoms with E-state index < -0.39 is 0 Å². The molecule has 2 heterocycles. The van der Waals surface area contributed by atoms with Crippen molar-refractivity contribution in [1.82, 2.24) is 14.9 Å². The molecular formula is C15H21N3O. The topological polar surface area (TPSA) is 39.1 Å². The molecule has 0 aliphatic carbocycles. The summed E-state index contributed by atoms with van der Waals surface area (Å²) >= 11 is 0. The molecule has 0 bridgehead atoms. The van der Waals surface area contributed by atoms with Crippen LogP contribution < -0.4 is 5.32 Å². The molecule has 3 rings (SSSR count). The van der Waals surface area contributed by atoms with Gasteiger partial charge in [0, 0.05) is 12.6 Å². The zero-order chi connectivity index (χ0) is 13.4. The summed E-state index contributed by atoms with van der Waals surface area (Å²) in [6.07, 6.45) is 0. The highest BCUT2D eigenvalue weighted by Gasteiger charge is 2.23. The van der Waals surface area contributed by atoms with E-state index in [2.05, 4.69) is 48.9 Å². The third-order valence-corrected chi connectivity index (χ3v) is 3.59. The molecule has 0 fully saturated rings. The summed E-state index contributed by atoms with van der Waals surface area (Å²) < 4.78 is 8.02. The van der Waals surface area contributed by atoms with Gasteiger partial charge in [-0.2, -0.15) is 0 Å². The summed E-state index contributed by atoms with van der Waals surface area (Å²) in [6.45, 7) is 8.73. The van der Waals surface area contributed by atoms with Crippen molar-refractivity contribution in [3.63, 3.8) is 0 Å². The molecule has 0 saturated carbocycles. The van der Waals surface area contributed by atoms with Gasteiger partial charge in [-0.1, -0.05) is 19.9 Å². The molecule has 0 amide bonds. The van der Waals surface area contributed by atoms with Crippen LogP contribution in [0.15, 0.2) is 18.2 Å². The number of imidazole rings is 1. The number of benzene rings is 1. The summed E-state index contributed by atoms with van der Waals surface area (Å²) in [7, 11) is 0. The van der Waals surface area contributed by atoms with Gasteiger partial charge >= 0.3 is 0 Å². The lowest BCUT2D eigenvalue weighted by molar-refractivity contribution is 0.0559. The molecule has 0 spiro atoms. The molecule has 1 aromatic carbocycles. The molecule has 1 atom stereocenters. The van der Waals surface area contributed by atoms with E-state index in [1.807, 2.05) is 0 Å². The molecule has 1 unspecified atom stereocenters. The van der Waals surface area contributed by atoms with Crippen LogP contribution >= 0.6 is 0 Å². The molecule has 102 valence electrons. The third kappa shape index (κ3) is 2.38. The van der Waals surface area contributed by atoms with Crippen molar-refractivity contribution >= 4 is 11.0 Å². The van der Waals surface area contributed by atoms with Gasteiger partial charge < -0.3 is 14.6 Å². The predicted octanol–water partition coefficient (Wildman–Crippen LogP) is 2.41. The fraction of sp³-hybridized carbons (Fsp3) is 0.533. The Balaban J connectivity index is 2.00. The van der Waals surface area contributed by atoms with Crippen LogP contribution in [0.3, 0.4) is 0 Å². The van der Waals surface area contributed by atoms with Crippen molar-refractivity contribution in [3.05, 3.63) is 29.6 Å². The number of ether oxygens (including phenoxy) is 1. The van der Waals surface area contributed by atoms with Gasteiger partial charge in [-0.05, 0) is 24.6 Å². The maximum atomic E-state index is 5.68. The van der Waals surface area contributed by atoms with Crippen LogP contribution in [0.25, 0.3) is 11.0 Å². The van der Waals surface area contributed by atoms with Crippen molar-refractivity contribution in [2.75, 3.05) is 13.2 Å². The molecule has 0 saturated heterocycles. The normalized spacial score (nSPS) is 19.1. The van der Waals surface area contributed by atoms with Crippen molar-refractivity contribution in [2.45, 2.75) is 39.5 Å². The Morgan fingerprint density at radius 3 is 3.11 bits per heavy atom. The van der Waals surface area contributed by atoms with Crippen LogP contribution in [0.2, 0.25) is 0 Å². The van der Waals surface area contributed by atoms with Gasteiger partial charge in [0.15, 0.2) is 0 Å². The molecule has 1 aliphatic rings. The van der Waals surface area contributed by atoms with E-state index in [0.29, 0.717) is 18.7 Å². The molecule has 2 aromatic rings. The summed E-state index contributed by atoms with van der Waals surface area (Å²) in [5.41, 5.74) is 3.55. The Bertz CT molecular complexity index is 588. The molecular weight excluding hydrogens is 238 g/mol. The third-order valence-electron chi connectivity index (χ3n) is 3.59. The van der Waals surface area contributed by atoms with E-state index in [1.54, 1.807) is 0 Å². The minimum Gasteiger partial charge on any atom is -0.371 e. The number of aromatic nitrogens is 2. The van der Waals surface area contributed by atoms with Crippen LogP contribution in [0.5, 0.6) is 0 Å². The highest BCUT2D eigenvalue weighted by Crippen LogP contribution is 2.26. The highest BCUT2D eigenvalue weighted by molar-refractivity contribution is 5.77. The zero-order valence-corrected chi connectivity index (χ0v) is 11.8. The second-order valence-electron chi connectivity index (χ2n) is 5.62. The van der Waals surface area contributed by atoms with E-state index in [0.717, 1.165) is 24.5 Å². The van der Waals surface area contributed by atoms with Crippen LogP contribution in [-0.2, 0) is 11.3 Å². The lowest BCUT2D eigenvalue weighted by atomic mass is 10.2. The van der Waals surface area contributed by atoms with Crippen LogP contribution in [0.4, 0.5) is 0 Å². The first-order valence-corrected chi connectivity index (χ1v) is 6.93. The van der Waals surface area contributed by atoms with Gasteiger partial charge in [-0.15, -0.1) is 0 Å². The minimum absolute atomic E-state index is 0.332. The smallest absolute Gasteiger partial charge is 0.136 e. The molecule has 4 heteroatoms. The molecule has 1 N–H and O–H groups in total. The predicted molar refractivity (Wildman–Crippen MR) is 76.3 cm³/mol. The standard InChI is InChI=1S/C15H21N3O/c1-10(2)16-7-12-8-19-9-15-17-13-6-11(3)4-5-14(13)18(12)15/h4-6,10,12,16H,7-9H2,1-3H3. The number of fused-ring (bicyclic) bond motifs is 3. The molecule has 0 radical (unpaired) electrons.